The van der Waals surface area contributed by atoms with Crippen molar-refractivity contribution < 1.29 is 4.79 Å². The van der Waals surface area contributed by atoms with Gasteiger partial charge in [-0.25, -0.2) is 0 Å². The van der Waals surface area contributed by atoms with Gasteiger partial charge in [0.2, 0.25) is 0 Å². The van der Waals surface area contributed by atoms with E-state index in [0.29, 0.717) is 11.3 Å². The first kappa shape index (κ1) is 11.2. The minimum Gasteiger partial charge on any atom is -0.295 e. The lowest BCUT2D eigenvalue weighted by Gasteiger charge is -2.36. The number of ketones is 1. The van der Waals surface area contributed by atoms with Gasteiger partial charge in [0.25, 0.3) is 0 Å². The van der Waals surface area contributed by atoms with Gasteiger partial charge in [0, 0.05) is 0 Å². The van der Waals surface area contributed by atoms with Gasteiger partial charge in [-0.3, -0.25) is 4.79 Å². The molecule has 14 heavy (non-hydrogen) atoms. The summed E-state index contributed by atoms with van der Waals surface area (Å²) in [5.41, 5.74) is 1.77. The number of hydrogen-bond donors (Lipinski definition) is 0. The van der Waals surface area contributed by atoms with Crippen molar-refractivity contribution in [3.05, 3.63) is 23.8 Å². The van der Waals surface area contributed by atoms with Crippen LogP contribution in [-0.2, 0) is 4.79 Å². The van der Waals surface area contributed by atoms with Crippen molar-refractivity contribution in [3.63, 3.8) is 0 Å². The Morgan fingerprint density at radius 1 is 1.57 bits per heavy atom. The standard InChI is InChI=1S/C13H20O/c1-10-5-7-12(8-6-11(2)14)13(3,4)9-10/h5-6,8,12H,7,9H2,1-4H3/b8-6+. The van der Waals surface area contributed by atoms with Gasteiger partial charge in [0.05, 0.1) is 0 Å². The summed E-state index contributed by atoms with van der Waals surface area (Å²) in [7, 11) is 0. The average molecular weight is 192 g/mol. The predicted octanol–water partition coefficient (Wildman–Crippen LogP) is 3.51. The van der Waals surface area contributed by atoms with Crippen LogP contribution in [0.3, 0.4) is 0 Å². The molecule has 0 aliphatic heterocycles. The highest BCUT2D eigenvalue weighted by molar-refractivity contribution is 5.87. The fourth-order valence-corrected chi connectivity index (χ4v) is 2.16. The molecule has 0 N–H and O–H groups in total. The van der Waals surface area contributed by atoms with Gasteiger partial charge in [-0.05, 0) is 44.1 Å². The lowest BCUT2D eigenvalue weighted by Crippen LogP contribution is -2.25. The Morgan fingerprint density at radius 3 is 2.71 bits per heavy atom. The zero-order valence-corrected chi connectivity index (χ0v) is 9.63. The molecule has 0 radical (unpaired) electrons. The van der Waals surface area contributed by atoms with Crippen LogP contribution in [0.25, 0.3) is 0 Å². The first-order chi connectivity index (χ1) is 6.42. The van der Waals surface area contributed by atoms with Crippen LogP contribution in [0.5, 0.6) is 0 Å². The van der Waals surface area contributed by atoms with Crippen LogP contribution in [0.1, 0.15) is 40.5 Å². The highest BCUT2D eigenvalue weighted by Crippen LogP contribution is 2.40. The van der Waals surface area contributed by atoms with E-state index in [0.717, 1.165) is 12.8 Å². The highest BCUT2D eigenvalue weighted by Gasteiger charge is 2.29. The number of carbonyl (C=O) groups excluding carboxylic acids is 1. The molecule has 1 aliphatic rings. The monoisotopic (exact) mass is 192 g/mol. The van der Waals surface area contributed by atoms with E-state index in [1.165, 1.54) is 5.57 Å². The molecule has 0 saturated carbocycles. The molecule has 1 nitrogen and oxygen atoms in total. The molecular formula is C13H20O. The second-order valence-corrected chi connectivity index (χ2v) is 5.03. The molecule has 0 saturated heterocycles. The van der Waals surface area contributed by atoms with E-state index >= 15 is 0 Å². The SMILES string of the molecule is CC(=O)/C=C/C1CC=C(C)CC1(C)C. The Morgan fingerprint density at radius 2 is 2.21 bits per heavy atom. The minimum absolute atomic E-state index is 0.145. The maximum atomic E-state index is 10.9. The Labute approximate surface area is 86.9 Å². The molecule has 0 aromatic rings. The normalized spacial score (nSPS) is 26.3. The summed E-state index contributed by atoms with van der Waals surface area (Å²) in [6, 6.07) is 0. The van der Waals surface area contributed by atoms with Gasteiger partial charge in [-0.1, -0.05) is 31.6 Å². The molecule has 0 spiro atoms. The van der Waals surface area contributed by atoms with Gasteiger partial charge >= 0.3 is 0 Å². The van der Waals surface area contributed by atoms with Crippen LogP contribution in [-0.4, -0.2) is 5.78 Å². The van der Waals surface area contributed by atoms with E-state index in [-0.39, 0.29) is 5.78 Å². The summed E-state index contributed by atoms with van der Waals surface area (Å²) in [6.45, 7) is 8.34. The molecule has 0 fully saturated rings. The van der Waals surface area contributed by atoms with Crippen LogP contribution in [0.15, 0.2) is 23.8 Å². The Hall–Kier alpha value is -0.850. The van der Waals surface area contributed by atoms with Crippen molar-refractivity contribution in [1.82, 2.24) is 0 Å². The van der Waals surface area contributed by atoms with E-state index in [4.69, 9.17) is 0 Å². The number of carbonyl (C=O) groups is 1. The molecule has 0 aromatic carbocycles. The molecule has 1 heteroatoms. The molecule has 1 unspecified atom stereocenters. The molecule has 78 valence electrons. The number of allylic oxidation sites excluding steroid dienone is 4. The van der Waals surface area contributed by atoms with Gasteiger partial charge < -0.3 is 0 Å². The van der Waals surface area contributed by atoms with Crippen molar-refractivity contribution in [2.75, 3.05) is 0 Å². The van der Waals surface area contributed by atoms with E-state index < -0.39 is 0 Å². The summed E-state index contributed by atoms with van der Waals surface area (Å²) in [5.74, 6) is 0.655. The summed E-state index contributed by atoms with van der Waals surface area (Å²) in [6.07, 6.45) is 8.29. The van der Waals surface area contributed by atoms with Gasteiger partial charge in [0.15, 0.2) is 5.78 Å². The van der Waals surface area contributed by atoms with Crippen molar-refractivity contribution in [2.24, 2.45) is 11.3 Å². The maximum absolute atomic E-state index is 10.9. The largest absolute Gasteiger partial charge is 0.295 e. The fraction of sp³-hybridized carbons (Fsp3) is 0.615. The molecule has 0 bridgehead atoms. The zero-order valence-electron chi connectivity index (χ0n) is 9.63. The maximum Gasteiger partial charge on any atom is 0.152 e. The van der Waals surface area contributed by atoms with Crippen LogP contribution in [0.4, 0.5) is 0 Å². The highest BCUT2D eigenvalue weighted by atomic mass is 16.1. The van der Waals surface area contributed by atoms with Crippen LogP contribution in [0.2, 0.25) is 0 Å². The van der Waals surface area contributed by atoms with Crippen LogP contribution >= 0.6 is 0 Å². The van der Waals surface area contributed by atoms with Crippen molar-refractivity contribution >= 4 is 5.78 Å². The van der Waals surface area contributed by atoms with E-state index in [1.54, 1.807) is 13.0 Å². The van der Waals surface area contributed by atoms with E-state index in [2.05, 4.69) is 32.9 Å². The Balaban J connectivity index is 2.75. The predicted molar refractivity (Wildman–Crippen MR) is 60.1 cm³/mol. The minimum atomic E-state index is 0.145. The van der Waals surface area contributed by atoms with Crippen molar-refractivity contribution in [2.45, 2.75) is 40.5 Å². The van der Waals surface area contributed by atoms with Gasteiger partial charge in [-0.2, -0.15) is 0 Å². The van der Waals surface area contributed by atoms with Gasteiger partial charge in [-0.15, -0.1) is 0 Å². The summed E-state index contributed by atoms with van der Waals surface area (Å²) in [5, 5.41) is 0. The lowest BCUT2D eigenvalue weighted by molar-refractivity contribution is -0.112. The quantitative estimate of drug-likeness (QED) is 0.483. The Bertz CT molecular complexity index is 282. The second-order valence-electron chi connectivity index (χ2n) is 5.03. The van der Waals surface area contributed by atoms with Gasteiger partial charge in [0.1, 0.15) is 0 Å². The molecule has 1 aliphatic carbocycles. The number of hydrogen-bond acceptors (Lipinski definition) is 1. The van der Waals surface area contributed by atoms with Crippen molar-refractivity contribution in [1.29, 1.82) is 0 Å². The first-order valence-electron chi connectivity index (χ1n) is 5.26. The smallest absolute Gasteiger partial charge is 0.152 e. The fourth-order valence-electron chi connectivity index (χ4n) is 2.16. The molecule has 0 heterocycles. The Kier molecular flexibility index (Phi) is 3.30. The molecule has 1 rings (SSSR count). The lowest BCUT2D eigenvalue weighted by atomic mass is 9.69. The third-order valence-corrected chi connectivity index (χ3v) is 3.02. The summed E-state index contributed by atoms with van der Waals surface area (Å²) in [4.78, 5) is 10.9. The zero-order chi connectivity index (χ0) is 10.8. The molecular weight excluding hydrogens is 172 g/mol. The van der Waals surface area contributed by atoms with Crippen LogP contribution < -0.4 is 0 Å². The summed E-state index contributed by atoms with van der Waals surface area (Å²) >= 11 is 0. The first-order valence-corrected chi connectivity index (χ1v) is 5.26. The van der Waals surface area contributed by atoms with E-state index in [1.807, 2.05) is 0 Å². The molecule has 1 atom stereocenters. The third kappa shape index (κ3) is 2.83. The van der Waals surface area contributed by atoms with Crippen molar-refractivity contribution in [3.8, 4) is 0 Å². The van der Waals surface area contributed by atoms with E-state index in [9.17, 15) is 4.79 Å². The summed E-state index contributed by atoms with van der Waals surface area (Å²) < 4.78 is 0. The second kappa shape index (κ2) is 4.12. The molecule has 0 amide bonds. The third-order valence-electron chi connectivity index (χ3n) is 3.02. The average Bonchev–Trinajstić information content (AvgIpc) is 2.00. The topological polar surface area (TPSA) is 17.1 Å². The number of rotatable bonds is 2. The van der Waals surface area contributed by atoms with Crippen LogP contribution in [0, 0.1) is 11.3 Å². The molecule has 0 aromatic heterocycles.